The fraction of sp³-hybridized carbons (Fsp3) is 0.208. The van der Waals surface area contributed by atoms with Crippen LogP contribution >= 0.6 is 11.3 Å². The molecule has 0 radical (unpaired) electrons. The molecule has 4 aromatic rings. The minimum absolute atomic E-state index is 0.0830. The van der Waals surface area contributed by atoms with Crippen molar-refractivity contribution >= 4 is 39.2 Å². The lowest BCUT2D eigenvalue weighted by Crippen LogP contribution is -2.36. The van der Waals surface area contributed by atoms with Crippen LogP contribution in [0.2, 0.25) is 0 Å². The molecule has 174 valence electrons. The number of thiazole rings is 1. The largest absolute Gasteiger partial charge is 0.462 e. The maximum absolute atomic E-state index is 13.7. The lowest BCUT2D eigenvalue weighted by atomic mass is 10.2. The van der Waals surface area contributed by atoms with Crippen molar-refractivity contribution < 1.29 is 18.7 Å². The van der Waals surface area contributed by atoms with Gasteiger partial charge in [-0.15, -0.1) is 0 Å². The van der Waals surface area contributed by atoms with Gasteiger partial charge in [-0.3, -0.25) is 19.1 Å². The summed E-state index contributed by atoms with van der Waals surface area (Å²) in [4.78, 5) is 48.9. The zero-order valence-corrected chi connectivity index (χ0v) is 19.3. The first kappa shape index (κ1) is 23.2. The fourth-order valence-corrected chi connectivity index (χ4v) is 4.36. The van der Waals surface area contributed by atoms with Crippen molar-refractivity contribution in [2.24, 2.45) is 0 Å². The molecule has 0 fully saturated rings. The predicted molar refractivity (Wildman–Crippen MR) is 126 cm³/mol. The number of carbonyl (C=O) groups is 2. The van der Waals surface area contributed by atoms with Crippen LogP contribution in [0.3, 0.4) is 0 Å². The van der Waals surface area contributed by atoms with E-state index in [1.54, 1.807) is 13.8 Å². The zero-order chi connectivity index (χ0) is 24.2. The predicted octanol–water partition coefficient (Wildman–Crippen LogP) is 3.71. The van der Waals surface area contributed by atoms with Gasteiger partial charge in [0.05, 0.1) is 36.1 Å². The summed E-state index contributed by atoms with van der Waals surface area (Å²) >= 11 is 1.05. The number of hydrogen-bond donors (Lipinski definition) is 0. The molecule has 4 rings (SSSR count). The molecule has 34 heavy (non-hydrogen) atoms. The van der Waals surface area contributed by atoms with Crippen molar-refractivity contribution in [3.05, 3.63) is 87.2 Å². The Bertz CT molecular complexity index is 1420. The van der Waals surface area contributed by atoms with Crippen LogP contribution < -0.4 is 10.5 Å². The number of anilines is 1. The molecule has 2 aromatic heterocycles. The standard InChI is InChI=1S/C24H21FN4O4S/c1-3-33-23(32)21-15(2)27-24(34-21)29(12-16-7-5-4-6-8-16)20(30)13-28-14-26-19-10-9-17(25)11-18(19)22(28)31/h4-11,14H,3,12-13H2,1-2H3. The Morgan fingerprint density at radius 3 is 2.68 bits per heavy atom. The lowest BCUT2D eigenvalue weighted by molar-refractivity contribution is -0.119. The van der Waals surface area contributed by atoms with Gasteiger partial charge in [-0.2, -0.15) is 0 Å². The van der Waals surface area contributed by atoms with Gasteiger partial charge in [0, 0.05) is 0 Å². The van der Waals surface area contributed by atoms with Crippen LogP contribution in [0.15, 0.2) is 59.7 Å². The molecule has 0 atom stereocenters. The van der Waals surface area contributed by atoms with E-state index in [0.29, 0.717) is 21.2 Å². The van der Waals surface area contributed by atoms with Crippen molar-refractivity contribution in [2.75, 3.05) is 11.5 Å². The minimum atomic E-state index is -0.564. The number of nitrogens with zero attached hydrogens (tertiary/aromatic N) is 4. The number of benzene rings is 2. The van der Waals surface area contributed by atoms with Gasteiger partial charge in [-0.25, -0.2) is 19.2 Å². The molecule has 1 amide bonds. The summed E-state index contributed by atoms with van der Waals surface area (Å²) in [6.07, 6.45) is 1.26. The third-order valence-electron chi connectivity index (χ3n) is 5.05. The van der Waals surface area contributed by atoms with Gasteiger partial charge >= 0.3 is 5.97 Å². The Labute approximate surface area is 198 Å². The fourth-order valence-electron chi connectivity index (χ4n) is 3.39. The monoisotopic (exact) mass is 480 g/mol. The lowest BCUT2D eigenvalue weighted by Gasteiger charge is -2.20. The highest BCUT2D eigenvalue weighted by molar-refractivity contribution is 7.17. The number of carbonyl (C=O) groups excluding carboxylic acids is 2. The Balaban J connectivity index is 1.70. The van der Waals surface area contributed by atoms with Gasteiger partial charge in [0.15, 0.2) is 5.13 Å². The summed E-state index contributed by atoms with van der Waals surface area (Å²) in [7, 11) is 0. The summed E-state index contributed by atoms with van der Waals surface area (Å²) < 4.78 is 19.9. The molecule has 2 heterocycles. The number of aromatic nitrogens is 3. The van der Waals surface area contributed by atoms with Crippen LogP contribution in [0.4, 0.5) is 9.52 Å². The molecule has 0 N–H and O–H groups in total. The molecule has 10 heteroatoms. The molecule has 0 spiro atoms. The molecule has 0 aliphatic carbocycles. The van der Waals surface area contributed by atoms with Crippen LogP contribution in [0.5, 0.6) is 0 Å². The number of esters is 1. The number of halogens is 1. The number of hydrogen-bond acceptors (Lipinski definition) is 7. The molecule has 0 aliphatic heterocycles. The maximum atomic E-state index is 13.7. The van der Waals surface area contributed by atoms with E-state index >= 15 is 0 Å². The maximum Gasteiger partial charge on any atom is 0.350 e. The summed E-state index contributed by atoms with van der Waals surface area (Å²) in [5.41, 5.74) is 1.10. The molecule has 0 unspecified atom stereocenters. The van der Waals surface area contributed by atoms with Gasteiger partial charge in [0.2, 0.25) is 5.91 Å². The van der Waals surface area contributed by atoms with E-state index in [1.807, 2.05) is 30.3 Å². The van der Waals surface area contributed by atoms with E-state index in [1.165, 1.54) is 23.4 Å². The Hall–Kier alpha value is -3.92. The van der Waals surface area contributed by atoms with E-state index in [0.717, 1.165) is 27.5 Å². The first-order chi connectivity index (χ1) is 16.4. The minimum Gasteiger partial charge on any atom is -0.462 e. The molecule has 0 bridgehead atoms. The summed E-state index contributed by atoms with van der Waals surface area (Å²) in [6, 6.07) is 13.0. The van der Waals surface area contributed by atoms with Gasteiger partial charge in [0.25, 0.3) is 5.56 Å². The topological polar surface area (TPSA) is 94.4 Å². The van der Waals surface area contributed by atoms with E-state index in [9.17, 15) is 18.8 Å². The van der Waals surface area contributed by atoms with Gasteiger partial charge in [-0.05, 0) is 37.6 Å². The number of fused-ring (bicyclic) bond motifs is 1. The molecular weight excluding hydrogens is 459 g/mol. The molecule has 0 saturated heterocycles. The molecule has 8 nitrogen and oxygen atoms in total. The smallest absolute Gasteiger partial charge is 0.350 e. The highest BCUT2D eigenvalue weighted by Crippen LogP contribution is 2.28. The molecule has 0 aliphatic rings. The number of amides is 1. The first-order valence-corrected chi connectivity index (χ1v) is 11.3. The zero-order valence-electron chi connectivity index (χ0n) is 18.5. The van der Waals surface area contributed by atoms with Crippen LogP contribution in [-0.4, -0.2) is 33.0 Å². The van der Waals surface area contributed by atoms with Gasteiger partial charge in [0.1, 0.15) is 17.2 Å². The summed E-state index contributed by atoms with van der Waals surface area (Å²) in [5, 5.41) is 0.391. The average Bonchev–Trinajstić information content (AvgIpc) is 3.21. The Morgan fingerprint density at radius 1 is 1.18 bits per heavy atom. The normalized spacial score (nSPS) is 10.9. The second-order valence-electron chi connectivity index (χ2n) is 7.44. The summed E-state index contributed by atoms with van der Waals surface area (Å²) in [6.45, 7) is 3.44. The third-order valence-corrected chi connectivity index (χ3v) is 6.21. The van der Waals surface area contributed by atoms with Crippen LogP contribution in [0.25, 0.3) is 10.9 Å². The number of rotatable bonds is 7. The summed E-state index contributed by atoms with van der Waals surface area (Å²) in [5.74, 6) is -1.51. The second-order valence-corrected chi connectivity index (χ2v) is 8.41. The van der Waals surface area contributed by atoms with E-state index < -0.39 is 23.3 Å². The van der Waals surface area contributed by atoms with Crippen LogP contribution in [-0.2, 0) is 22.6 Å². The highest BCUT2D eigenvalue weighted by atomic mass is 32.1. The van der Waals surface area contributed by atoms with Crippen molar-refractivity contribution in [3.63, 3.8) is 0 Å². The van der Waals surface area contributed by atoms with Crippen molar-refractivity contribution in [1.29, 1.82) is 0 Å². The van der Waals surface area contributed by atoms with Gasteiger partial charge in [-0.1, -0.05) is 41.7 Å². The second kappa shape index (κ2) is 9.92. The van der Waals surface area contributed by atoms with Crippen molar-refractivity contribution in [2.45, 2.75) is 26.9 Å². The van der Waals surface area contributed by atoms with E-state index in [-0.39, 0.29) is 25.1 Å². The highest BCUT2D eigenvalue weighted by Gasteiger charge is 2.25. The Morgan fingerprint density at radius 2 is 1.94 bits per heavy atom. The van der Waals surface area contributed by atoms with Crippen LogP contribution in [0, 0.1) is 12.7 Å². The van der Waals surface area contributed by atoms with Crippen molar-refractivity contribution in [1.82, 2.24) is 14.5 Å². The quantitative estimate of drug-likeness (QED) is 0.374. The molecule has 2 aromatic carbocycles. The van der Waals surface area contributed by atoms with Crippen LogP contribution in [0.1, 0.15) is 27.9 Å². The average molecular weight is 481 g/mol. The first-order valence-electron chi connectivity index (χ1n) is 10.5. The molecule has 0 saturated carbocycles. The van der Waals surface area contributed by atoms with E-state index in [4.69, 9.17) is 4.74 Å². The van der Waals surface area contributed by atoms with Crippen molar-refractivity contribution in [3.8, 4) is 0 Å². The number of aryl methyl sites for hydroxylation is 1. The third kappa shape index (κ3) is 4.86. The Kier molecular flexibility index (Phi) is 6.78. The van der Waals surface area contributed by atoms with Gasteiger partial charge < -0.3 is 4.74 Å². The number of ether oxygens (including phenoxy) is 1. The molecular formula is C24H21FN4O4S. The SMILES string of the molecule is CCOC(=O)c1sc(N(Cc2ccccc2)C(=O)Cn2cnc3ccc(F)cc3c2=O)nc1C. The van der Waals surface area contributed by atoms with E-state index in [2.05, 4.69) is 9.97 Å².